The summed E-state index contributed by atoms with van der Waals surface area (Å²) >= 11 is 0. The Morgan fingerprint density at radius 1 is 1.00 bits per heavy atom. The summed E-state index contributed by atoms with van der Waals surface area (Å²) in [5, 5.41) is 7.29. The van der Waals surface area contributed by atoms with Crippen LogP contribution < -0.4 is 24.4 Å². The molecule has 0 aliphatic carbocycles. The molecule has 0 atom stereocenters. The summed E-state index contributed by atoms with van der Waals surface area (Å²) in [5.41, 5.74) is 3.29. The molecule has 38 heavy (non-hydrogen) atoms. The second kappa shape index (κ2) is 10.7. The minimum atomic E-state index is -3.96. The van der Waals surface area contributed by atoms with Crippen molar-refractivity contribution in [3.63, 3.8) is 0 Å². The molecule has 12 heteroatoms. The number of nitrogens with one attached hydrogen (secondary N) is 2. The number of aryl methyl sites for hydroxylation is 2. The average Bonchev–Trinajstić information content (AvgIpc) is 3.36. The Kier molecular flexibility index (Phi) is 7.16. The zero-order valence-electron chi connectivity index (χ0n) is 21.4. The molecule has 2 aromatic carbocycles. The molecule has 1 saturated heterocycles. The van der Waals surface area contributed by atoms with E-state index in [4.69, 9.17) is 9.47 Å². The molecule has 2 N–H and O–H groups in total. The standard InChI is InChI=1S/C26H29N7O4S/c1-18-14-21(36-3)8-9-23(18)24-15-25(30-26(29-24)31-38(34,35)22-16-28-32(2)17-22)37-20-6-4-19(5-7-20)33-12-10-27-11-13-33/h4-9,14-17,27H,10-13H2,1-3H3,(H,29,30,31). The highest BCUT2D eigenvalue weighted by Gasteiger charge is 2.20. The minimum absolute atomic E-state index is 0.000556. The molecule has 5 rings (SSSR count). The molecule has 0 bridgehead atoms. The number of aromatic nitrogens is 4. The Labute approximate surface area is 221 Å². The molecule has 1 aliphatic heterocycles. The number of methoxy groups -OCH3 is 1. The number of hydrogen-bond acceptors (Lipinski definition) is 9. The van der Waals surface area contributed by atoms with Crippen LogP contribution in [0.15, 0.2) is 65.8 Å². The van der Waals surface area contributed by atoms with E-state index < -0.39 is 10.0 Å². The molecule has 2 aromatic heterocycles. The first-order chi connectivity index (χ1) is 18.3. The Morgan fingerprint density at radius 3 is 2.39 bits per heavy atom. The normalized spacial score (nSPS) is 13.8. The Balaban J connectivity index is 1.47. The van der Waals surface area contributed by atoms with Crippen molar-refractivity contribution in [3.8, 4) is 28.6 Å². The van der Waals surface area contributed by atoms with Gasteiger partial charge >= 0.3 is 0 Å². The molecule has 0 saturated carbocycles. The fraction of sp³-hybridized carbons (Fsp3) is 0.269. The van der Waals surface area contributed by atoms with Crippen LogP contribution in [0, 0.1) is 6.92 Å². The number of anilines is 2. The van der Waals surface area contributed by atoms with Crippen molar-refractivity contribution >= 4 is 21.7 Å². The number of rotatable bonds is 8. The van der Waals surface area contributed by atoms with E-state index in [0.717, 1.165) is 43.0 Å². The lowest BCUT2D eigenvalue weighted by molar-refractivity contribution is 0.414. The van der Waals surface area contributed by atoms with E-state index in [2.05, 4.69) is 30.0 Å². The maximum atomic E-state index is 13.0. The quantitative estimate of drug-likeness (QED) is 0.350. The van der Waals surface area contributed by atoms with Gasteiger partial charge in [0.1, 0.15) is 16.4 Å². The summed E-state index contributed by atoms with van der Waals surface area (Å²) in [5.74, 6) is 1.36. The van der Waals surface area contributed by atoms with Gasteiger partial charge in [-0.05, 0) is 55.0 Å². The molecule has 0 radical (unpaired) electrons. The third-order valence-corrected chi connectivity index (χ3v) is 7.45. The Hall–Kier alpha value is -4.16. The lowest BCUT2D eigenvalue weighted by atomic mass is 10.1. The smallest absolute Gasteiger partial charge is 0.267 e. The van der Waals surface area contributed by atoms with Gasteiger partial charge in [0, 0.05) is 56.7 Å². The summed E-state index contributed by atoms with van der Waals surface area (Å²) in [6.07, 6.45) is 2.66. The van der Waals surface area contributed by atoms with E-state index in [1.807, 2.05) is 49.4 Å². The van der Waals surface area contributed by atoms with Crippen LogP contribution in [0.4, 0.5) is 11.6 Å². The van der Waals surface area contributed by atoms with Crippen molar-refractivity contribution in [1.29, 1.82) is 0 Å². The van der Waals surface area contributed by atoms with Gasteiger partial charge in [0.15, 0.2) is 0 Å². The number of hydrogen-bond donors (Lipinski definition) is 2. The Bertz CT molecular complexity index is 1530. The van der Waals surface area contributed by atoms with Crippen molar-refractivity contribution in [2.75, 3.05) is 42.9 Å². The average molecular weight is 536 g/mol. The van der Waals surface area contributed by atoms with Crippen LogP contribution in [0.3, 0.4) is 0 Å². The van der Waals surface area contributed by atoms with Crippen LogP contribution in [-0.4, -0.2) is 61.5 Å². The van der Waals surface area contributed by atoms with E-state index >= 15 is 0 Å². The van der Waals surface area contributed by atoms with Gasteiger partial charge < -0.3 is 19.7 Å². The highest BCUT2D eigenvalue weighted by Crippen LogP contribution is 2.31. The first-order valence-corrected chi connectivity index (χ1v) is 13.6. The summed E-state index contributed by atoms with van der Waals surface area (Å²) < 4.78 is 41.2. The van der Waals surface area contributed by atoms with E-state index in [1.54, 1.807) is 20.2 Å². The van der Waals surface area contributed by atoms with E-state index in [-0.39, 0.29) is 16.7 Å². The fourth-order valence-electron chi connectivity index (χ4n) is 4.20. The monoisotopic (exact) mass is 535 g/mol. The van der Waals surface area contributed by atoms with Gasteiger partial charge in [-0.15, -0.1) is 0 Å². The lowest BCUT2D eigenvalue weighted by Crippen LogP contribution is -2.43. The van der Waals surface area contributed by atoms with Crippen molar-refractivity contribution in [1.82, 2.24) is 25.1 Å². The van der Waals surface area contributed by atoms with Crippen LogP contribution in [-0.2, 0) is 17.1 Å². The van der Waals surface area contributed by atoms with Crippen molar-refractivity contribution < 1.29 is 17.9 Å². The van der Waals surface area contributed by atoms with Crippen LogP contribution >= 0.6 is 0 Å². The predicted octanol–water partition coefficient (Wildman–Crippen LogP) is 3.20. The Morgan fingerprint density at radius 2 is 1.74 bits per heavy atom. The molecule has 4 aromatic rings. The molecule has 11 nitrogen and oxygen atoms in total. The molecule has 0 amide bonds. The van der Waals surface area contributed by atoms with Crippen LogP contribution in [0.1, 0.15) is 5.56 Å². The summed E-state index contributed by atoms with van der Waals surface area (Å²) in [7, 11) is -0.723. The number of piperazine rings is 1. The third-order valence-electron chi connectivity index (χ3n) is 6.17. The topological polar surface area (TPSA) is 123 Å². The zero-order chi connectivity index (χ0) is 26.7. The van der Waals surface area contributed by atoms with E-state index in [9.17, 15) is 8.42 Å². The summed E-state index contributed by atoms with van der Waals surface area (Å²) in [6, 6.07) is 15.0. The molecule has 1 aliphatic rings. The zero-order valence-corrected chi connectivity index (χ0v) is 22.2. The maximum Gasteiger partial charge on any atom is 0.267 e. The number of benzene rings is 2. The maximum absolute atomic E-state index is 13.0. The summed E-state index contributed by atoms with van der Waals surface area (Å²) in [6.45, 7) is 5.71. The first kappa shape index (κ1) is 25.5. The molecular formula is C26H29N7O4S. The summed E-state index contributed by atoms with van der Waals surface area (Å²) in [4.78, 5) is 11.2. The predicted molar refractivity (Wildman–Crippen MR) is 144 cm³/mol. The second-order valence-electron chi connectivity index (χ2n) is 8.88. The minimum Gasteiger partial charge on any atom is -0.497 e. The molecular weight excluding hydrogens is 506 g/mol. The van der Waals surface area contributed by atoms with Crippen LogP contribution in [0.25, 0.3) is 11.3 Å². The number of sulfonamides is 1. The van der Waals surface area contributed by atoms with Crippen molar-refractivity contribution in [3.05, 3.63) is 66.5 Å². The van der Waals surface area contributed by atoms with Gasteiger partial charge in [0.2, 0.25) is 11.8 Å². The highest BCUT2D eigenvalue weighted by molar-refractivity contribution is 7.92. The lowest BCUT2D eigenvalue weighted by Gasteiger charge is -2.29. The van der Waals surface area contributed by atoms with Crippen LogP contribution in [0.2, 0.25) is 0 Å². The van der Waals surface area contributed by atoms with Gasteiger partial charge in [-0.2, -0.15) is 10.1 Å². The first-order valence-electron chi connectivity index (χ1n) is 12.1. The molecule has 0 unspecified atom stereocenters. The van der Waals surface area contributed by atoms with Gasteiger partial charge in [0.05, 0.1) is 19.0 Å². The number of nitrogens with zero attached hydrogens (tertiary/aromatic N) is 5. The largest absolute Gasteiger partial charge is 0.497 e. The molecule has 1 fully saturated rings. The fourth-order valence-corrected chi connectivity index (χ4v) is 5.12. The third kappa shape index (κ3) is 5.71. The van der Waals surface area contributed by atoms with Crippen molar-refractivity contribution in [2.24, 2.45) is 7.05 Å². The number of ether oxygens (including phenoxy) is 2. The molecule has 3 heterocycles. The molecule has 198 valence electrons. The molecule has 0 spiro atoms. The van der Waals surface area contributed by atoms with Gasteiger partial charge in [-0.3, -0.25) is 4.68 Å². The highest BCUT2D eigenvalue weighted by atomic mass is 32.2. The van der Waals surface area contributed by atoms with Gasteiger partial charge in [-0.25, -0.2) is 18.1 Å². The van der Waals surface area contributed by atoms with E-state index in [1.165, 1.54) is 17.1 Å². The van der Waals surface area contributed by atoms with Gasteiger partial charge in [-0.1, -0.05) is 0 Å². The SMILES string of the molecule is COc1ccc(-c2cc(Oc3ccc(N4CCNCC4)cc3)nc(NS(=O)(=O)c3cnn(C)c3)n2)c(C)c1. The second-order valence-corrected chi connectivity index (χ2v) is 10.6. The van der Waals surface area contributed by atoms with E-state index in [0.29, 0.717) is 17.2 Å². The van der Waals surface area contributed by atoms with Crippen LogP contribution in [0.5, 0.6) is 17.4 Å². The van der Waals surface area contributed by atoms with Crippen molar-refractivity contribution in [2.45, 2.75) is 11.8 Å². The van der Waals surface area contributed by atoms with Gasteiger partial charge in [0.25, 0.3) is 10.0 Å².